The maximum atomic E-state index is 16.3. The second-order valence-corrected chi connectivity index (χ2v) is 12.0. The minimum Gasteiger partial charge on any atom is -0.367 e. The highest BCUT2D eigenvalue weighted by molar-refractivity contribution is 7.14. The number of hydrogen-bond acceptors (Lipinski definition) is 5. The van der Waals surface area contributed by atoms with Crippen molar-refractivity contribution >= 4 is 33.7 Å². The topological polar surface area (TPSA) is 56.8 Å². The summed E-state index contributed by atoms with van der Waals surface area (Å²) < 4.78 is 16.3. The van der Waals surface area contributed by atoms with Gasteiger partial charge >= 0.3 is 0 Å². The molecule has 1 fully saturated rings. The lowest BCUT2D eigenvalue weighted by molar-refractivity contribution is 0.371. The summed E-state index contributed by atoms with van der Waals surface area (Å²) in [5.41, 5.74) is 6.24. The van der Waals surface area contributed by atoms with Crippen LogP contribution in [0.3, 0.4) is 0 Å². The van der Waals surface area contributed by atoms with Gasteiger partial charge in [0, 0.05) is 33.1 Å². The van der Waals surface area contributed by atoms with Crippen molar-refractivity contribution < 1.29 is 4.39 Å². The van der Waals surface area contributed by atoms with Gasteiger partial charge < -0.3 is 10.3 Å². The number of aromatic amines is 1. The number of nitrogens with zero attached hydrogens (tertiary/aromatic N) is 3. The quantitative estimate of drug-likeness (QED) is 0.242. The molecule has 5 heterocycles. The Hall–Kier alpha value is -3.81. The minimum absolute atomic E-state index is 0.334. The van der Waals surface area contributed by atoms with Crippen molar-refractivity contribution in [2.45, 2.75) is 46.1 Å². The molecule has 3 aromatic heterocycles. The molecule has 0 radical (unpaired) electrons. The fraction of sp³-hybridized carbons (Fsp3) is 0.294. The lowest BCUT2D eigenvalue weighted by Crippen LogP contribution is -2.45. The number of nitrogens with one attached hydrogen (secondary N) is 2. The molecule has 1 atom stereocenters. The molecular formula is C34H38FN5S. The number of aryl methyl sites for hydroxylation is 1. The second kappa shape index (κ2) is 11.6. The third-order valence-electron chi connectivity index (χ3n) is 7.89. The first-order valence-corrected chi connectivity index (χ1v) is 14.9. The molecule has 0 saturated carbocycles. The van der Waals surface area contributed by atoms with Gasteiger partial charge in [-0.1, -0.05) is 44.0 Å². The zero-order chi connectivity index (χ0) is 29.3. The molecule has 2 aliphatic heterocycles. The molecule has 1 unspecified atom stereocenters. The fourth-order valence-corrected chi connectivity index (χ4v) is 6.60. The van der Waals surface area contributed by atoms with E-state index in [9.17, 15) is 0 Å². The molecule has 5 rings (SSSR count). The van der Waals surface area contributed by atoms with Gasteiger partial charge in [0.1, 0.15) is 17.1 Å². The van der Waals surface area contributed by atoms with Crippen LogP contribution in [-0.4, -0.2) is 39.5 Å². The summed E-state index contributed by atoms with van der Waals surface area (Å²) in [5, 5.41) is 3.41. The molecule has 0 amide bonds. The standard InChI is InChI=1S/C34H38FN5S/c1-8-13-25(28-15-14-27(41-28)21(4)5)31-22(6)37-33(38-31)34(7)29-26(39-34)19-36-32(30(29)35)24(10-3)18-23(9-2)20-40-16-11-12-17-40/h8-10,13-15,18-19,39H,1-2,4,11-12,16-17,20H2,3,5-7H3,(H,37,38)/b23-18+,24-10+,25-13-. The van der Waals surface area contributed by atoms with E-state index in [1.54, 1.807) is 23.6 Å². The predicted molar refractivity (Wildman–Crippen MR) is 172 cm³/mol. The molecule has 1 saturated heterocycles. The molecule has 7 heteroatoms. The first-order chi connectivity index (χ1) is 19.7. The number of fused-ring (bicyclic) bond motifs is 1. The van der Waals surface area contributed by atoms with Gasteiger partial charge in [0.25, 0.3) is 0 Å². The Morgan fingerprint density at radius 3 is 2.56 bits per heavy atom. The second-order valence-electron chi connectivity index (χ2n) is 10.9. The van der Waals surface area contributed by atoms with Crippen molar-refractivity contribution in [3.8, 4) is 0 Å². The van der Waals surface area contributed by atoms with Crippen molar-refractivity contribution in [2.24, 2.45) is 0 Å². The molecule has 2 aliphatic rings. The fourth-order valence-electron chi connectivity index (χ4n) is 5.64. The van der Waals surface area contributed by atoms with E-state index in [4.69, 9.17) is 4.98 Å². The van der Waals surface area contributed by atoms with Crippen LogP contribution >= 0.6 is 11.3 Å². The van der Waals surface area contributed by atoms with E-state index in [2.05, 4.69) is 52.1 Å². The highest BCUT2D eigenvalue weighted by atomic mass is 32.1. The molecule has 0 bridgehead atoms. The van der Waals surface area contributed by atoms with Crippen LogP contribution in [0.4, 0.5) is 10.1 Å². The van der Waals surface area contributed by atoms with Crippen molar-refractivity contribution in [2.75, 3.05) is 25.0 Å². The molecule has 41 heavy (non-hydrogen) atoms. The van der Waals surface area contributed by atoms with E-state index in [0.29, 0.717) is 22.8 Å². The van der Waals surface area contributed by atoms with Gasteiger partial charge in [0.05, 0.1) is 17.6 Å². The molecule has 5 nitrogen and oxygen atoms in total. The van der Waals surface area contributed by atoms with E-state index in [0.717, 1.165) is 63.1 Å². The summed E-state index contributed by atoms with van der Waals surface area (Å²) in [6.07, 6.45) is 13.7. The summed E-state index contributed by atoms with van der Waals surface area (Å²) in [6.45, 7) is 22.8. The number of allylic oxidation sites excluding steroid dienone is 6. The molecule has 2 N–H and O–H groups in total. The number of H-pyrrole nitrogens is 1. The Labute approximate surface area is 246 Å². The number of anilines is 1. The smallest absolute Gasteiger partial charge is 0.157 e. The molecule has 0 spiro atoms. The lowest BCUT2D eigenvalue weighted by Gasteiger charge is -2.41. The van der Waals surface area contributed by atoms with Crippen molar-refractivity contribution in [3.05, 3.63) is 118 Å². The summed E-state index contributed by atoms with van der Waals surface area (Å²) in [7, 11) is 0. The van der Waals surface area contributed by atoms with Gasteiger partial charge in [-0.05, 0) is 88.6 Å². The summed E-state index contributed by atoms with van der Waals surface area (Å²) in [5.74, 6) is 0.318. The molecule has 212 valence electrons. The minimum atomic E-state index is -0.836. The van der Waals surface area contributed by atoms with Crippen LogP contribution in [0.1, 0.15) is 71.8 Å². The Morgan fingerprint density at radius 2 is 1.93 bits per heavy atom. The monoisotopic (exact) mass is 567 g/mol. The first-order valence-electron chi connectivity index (χ1n) is 14.1. The number of thiophene rings is 1. The van der Waals surface area contributed by atoms with Crippen LogP contribution in [0, 0.1) is 12.7 Å². The Morgan fingerprint density at radius 1 is 1.20 bits per heavy atom. The van der Waals surface area contributed by atoms with Crippen LogP contribution in [0.5, 0.6) is 0 Å². The van der Waals surface area contributed by atoms with Gasteiger partial charge in [-0.25, -0.2) is 9.37 Å². The van der Waals surface area contributed by atoms with Gasteiger partial charge in [-0.2, -0.15) is 0 Å². The number of likely N-dealkylation sites (tertiary alicyclic amines) is 1. The molecule has 0 aromatic carbocycles. The number of rotatable bonds is 10. The van der Waals surface area contributed by atoms with Gasteiger partial charge in [0.2, 0.25) is 0 Å². The summed E-state index contributed by atoms with van der Waals surface area (Å²) >= 11 is 1.67. The maximum absolute atomic E-state index is 16.3. The van der Waals surface area contributed by atoms with Crippen LogP contribution in [0.15, 0.2) is 74.0 Å². The molecule has 3 aromatic rings. The molecule has 0 aliphatic carbocycles. The summed E-state index contributed by atoms with van der Waals surface area (Å²) in [6, 6.07) is 4.16. The maximum Gasteiger partial charge on any atom is 0.157 e. The number of pyridine rings is 1. The largest absolute Gasteiger partial charge is 0.367 e. The zero-order valence-electron chi connectivity index (χ0n) is 24.4. The number of aromatic nitrogens is 3. The average Bonchev–Trinajstić information content (AvgIpc) is 3.71. The predicted octanol–water partition coefficient (Wildman–Crippen LogP) is 8.27. The Bertz CT molecular complexity index is 1610. The van der Waals surface area contributed by atoms with Gasteiger partial charge in [-0.3, -0.25) is 9.88 Å². The third kappa shape index (κ3) is 5.32. The highest BCUT2D eigenvalue weighted by Crippen LogP contribution is 2.48. The van der Waals surface area contributed by atoms with Crippen molar-refractivity contribution in [3.63, 3.8) is 0 Å². The van der Waals surface area contributed by atoms with E-state index in [-0.39, 0.29) is 5.82 Å². The van der Waals surface area contributed by atoms with Crippen molar-refractivity contribution in [1.29, 1.82) is 0 Å². The zero-order valence-corrected chi connectivity index (χ0v) is 25.2. The van der Waals surface area contributed by atoms with Crippen molar-refractivity contribution in [1.82, 2.24) is 19.9 Å². The van der Waals surface area contributed by atoms with Crippen LogP contribution < -0.4 is 5.32 Å². The van der Waals surface area contributed by atoms with Crippen LogP contribution in [0.2, 0.25) is 0 Å². The highest BCUT2D eigenvalue weighted by Gasteiger charge is 2.46. The van der Waals surface area contributed by atoms with Crippen LogP contribution in [-0.2, 0) is 5.54 Å². The average molecular weight is 568 g/mol. The SMILES string of the molecule is C=C/C=C(/c1ccc(C(=C)C)s1)c1nc(C2(C)Nc3cnc(C(/C=C(\C=C)CN4CCCC4)=C/C)c(F)c32)[nH]c1C. The number of imidazole rings is 1. The third-order valence-corrected chi connectivity index (χ3v) is 9.17. The normalized spacial score (nSPS) is 19.5. The van der Waals surface area contributed by atoms with Crippen LogP contribution in [0.25, 0.3) is 16.7 Å². The lowest BCUT2D eigenvalue weighted by atomic mass is 9.81. The number of halogens is 1. The Balaban J connectivity index is 1.50. The van der Waals surface area contributed by atoms with E-state index in [1.807, 2.05) is 52.0 Å². The Kier molecular flexibility index (Phi) is 8.11. The van der Waals surface area contributed by atoms with E-state index >= 15 is 4.39 Å². The first kappa shape index (κ1) is 28.7. The van der Waals surface area contributed by atoms with Gasteiger partial charge in [0.15, 0.2) is 5.82 Å². The summed E-state index contributed by atoms with van der Waals surface area (Å²) in [4.78, 5) is 17.6. The van der Waals surface area contributed by atoms with Gasteiger partial charge in [-0.15, -0.1) is 11.3 Å². The molecular weight excluding hydrogens is 529 g/mol. The number of hydrogen-bond donors (Lipinski definition) is 2. The van der Waals surface area contributed by atoms with E-state index < -0.39 is 5.54 Å². The van der Waals surface area contributed by atoms with E-state index in [1.165, 1.54) is 12.8 Å².